The molecule has 1 N–H and O–H groups in total. The van der Waals surface area contributed by atoms with Crippen molar-refractivity contribution in [2.24, 2.45) is 0 Å². The van der Waals surface area contributed by atoms with Crippen LogP contribution in [0, 0.1) is 6.92 Å². The molecule has 0 aliphatic carbocycles. The molecule has 5 nitrogen and oxygen atoms in total. The van der Waals surface area contributed by atoms with Gasteiger partial charge in [-0.15, -0.1) is 0 Å². The fraction of sp³-hybridized carbons (Fsp3) is 0.250. The summed E-state index contributed by atoms with van der Waals surface area (Å²) in [5, 5.41) is 9.06. The van der Waals surface area contributed by atoms with Gasteiger partial charge in [0.15, 0.2) is 0 Å². The summed E-state index contributed by atoms with van der Waals surface area (Å²) in [6.07, 6.45) is 0.916. The highest BCUT2D eigenvalue weighted by molar-refractivity contribution is 6.31. The normalized spacial score (nSPS) is 12.6. The van der Waals surface area contributed by atoms with Gasteiger partial charge in [0, 0.05) is 28.8 Å². The van der Waals surface area contributed by atoms with Gasteiger partial charge in [0.1, 0.15) is 23.0 Å². The topological polar surface area (TPSA) is 48.3 Å². The third-order valence-corrected chi connectivity index (χ3v) is 5.12. The standard InChI is InChI=1S/C20H20ClN3O2/c1-12-4-5-13(10-17(12)21)24-20-16(8-9-22-20)19(23-24)15-7-6-14(25-2)11-18(15)26-3/h4-7,10-11,22H,8-9H2,1-3H3. The molecule has 0 unspecified atom stereocenters. The van der Waals surface area contributed by atoms with Crippen molar-refractivity contribution in [3.63, 3.8) is 0 Å². The van der Waals surface area contributed by atoms with Gasteiger partial charge in [0.05, 0.1) is 19.9 Å². The molecule has 6 heteroatoms. The molecule has 0 spiro atoms. The average Bonchev–Trinajstić information content (AvgIpc) is 3.26. The Labute approximate surface area is 157 Å². The fourth-order valence-electron chi connectivity index (χ4n) is 3.29. The first kappa shape index (κ1) is 16.8. The van der Waals surface area contributed by atoms with E-state index in [9.17, 15) is 0 Å². The van der Waals surface area contributed by atoms with Gasteiger partial charge in [0.25, 0.3) is 0 Å². The first-order chi connectivity index (χ1) is 12.6. The zero-order chi connectivity index (χ0) is 18.3. The van der Waals surface area contributed by atoms with Crippen LogP contribution in [-0.4, -0.2) is 30.5 Å². The summed E-state index contributed by atoms with van der Waals surface area (Å²) < 4.78 is 12.8. The second kappa shape index (κ2) is 6.57. The molecular weight excluding hydrogens is 350 g/mol. The number of halogens is 1. The van der Waals surface area contributed by atoms with Gasteiger partial charge in [-0.2, -0.15) is 5.10 Å². The van der Waals surface area contributed by atoms with Crippen LogP contribution in [0.4, 0.5) is 5.82 Å². The lowest BCUT2D eigenvalue weighted by molar-refractivity contribution is 0.395. The van der Waals surface area contributed by atoms with Crippen LogP contribution in [0.2, 0.25) is 5.02 Å². The molecule has 1 aromatic heterocycles. The maximum absolute atomic E-state index is 6.32. The number of anilines is 1. The Morgan fingerprint density at radius 3 is 2.69 bits per heavy atom. The number of nitrogens with zero attached hydrogens (tertiary/aromatic N) is 2. The van der Waals surface area contributed by atoms with Crippen LogP contribution in [0.5, 0.6) is 11.5 Å². The predicted molar refractivity (Wildman–Crippen MR) is 104 cm³/mol. The summed E-state index contributed by atoms with van der Waals surface area (Å²) in [5.74, 6) is 2.51. The van der Waals surface area contributed by atoms with Gasteiger partial charge < -0.3 is 14.8 Å². The van der Waals surface area contributed by atoms with Crippen molar-refractivity contribution in [2.75, 3.05) is 26.1 Å². The molecule has 2 aromatic carbocycles. The van der Waals surface area contributed by atoms with Gasteiger partial charge >= 0.3 is 0 Å². The number of ether oxygens (including phenoxy) is 2. The van der Waals surface area contributed by atoms with Crippen molar-refractivity contribution in [1.29, 1.82) is 0 Å². The quantitative estimate of drug-likeness (QED) is 0.736. The largest absolute Gasteiger partial charge is 0.497 e. The van der Waals surface area contributed by atoms with Gasteiger partial charge in [-0.3, -0.25) is 0 Å². The number of hydrogen-bond donors (Lipinski definition) is 1. The summed E-state index contributed by atoms with van der Waals surface area (Å²) in [4.78, 5) is 0. The van der Waals surface area contributed by atoms with E-state index in [0.29, 0.717) is 0 Å². The summed E-state index contributed by atoms with van der Waals surface area (Å²) >= 11 is 6.32. The first-order valence-corrected chi connectivity index (χ1v) is 8.85. The summed E-state index contributed by atoms with van der Waals surface area (Å²) in [6.45, 7) is 2.88. The molecule has 0 radical (unpaired) electrons. The highest BCUT2D eigenvalue weighted by atomic mass is 35.5. The molecule has 0 saturated heterocycles. The zero-order valence-electron chi connectivity index (χ0n) is 15.0. The Morgan fingerprint density at radius 2 is 1.96 bits per heavy atom. The van der Waals surface area contributed by atoms with Gasteiger partial charge in [0.2, 0.25) is 0 Å². The minimum atomic E-state index is 0.730. The smallest absolute Gasteiger partial charge is 0.133 e. The third kappa shape index (κ3) is 2.69. The molecule has 4 rings (SSSR count). The molecule has 26 heavy (non-hydrogen) atoms. The van der Waals surface area contributed by atoms with Crippen LogP contribution >= 0.6 is 11.6 Å². The first-order valence-electron chi connectivity index (χ1n) is 8.47. The summed E-state index contributed by atoms with van der Waals surface area (Å²) in [7, 11) is 3.30. The Balaban J connectivity index is 1.88. The highest BCUT2D eigenvalue weighted by Gasteiger charge is 2.26. The number of hydrogen-bond acceptors (Lipinski definition) is 4. The number of fused-ring (bicyclic) bond motifs is 1. The number of rotatable bonds is 4. The van der Waals surface area contributed by atoms with Crippen molar-refractivity contribution in [3.8, 4) is 28.4 Å². The summed E-state index contributed by atoms with van der Waals surface area (Å²) in [5.41, 5.74) is 5.03. The molecule has 0 amide bonds. The van der Waals surface area contributed by atoms with E-state index in [4.69, 9.17) is 26.2 Å². The van der Waals surface area contributed by atoms with Crippen LogP contribution < -0.4 is 14.8 Å². The van der Waals surface area contributed by atoms with Crippen LogP contribution in [0.15, 0.2) is 36.4 Å². The Hall–Kier alpha value is -2.66. The third-order valence-electron chi connectivity index (χ3n) is 4.71. The minimum Gasteiger partial charge on any atom is -0.497 e. The fourth-order valence-corrected chi connectivity index (χ4v) is 3.46. The van der Waals surface area contributed by atoms with E-state index < -0.39 is 0 Å². The van der Waals surface area contributed by atoms with Crippen molar-refractivity contribution in [3.05, 3.63) is 52.5 Å². The van der Waals surface area contributed by atoms with Crippen LogP contribution in [0.3, 0.4) is 0 Å². The van der Waals surface area contributed by atoms with Crippen molar-refractivity contribution < 1.29 is 9.47 Å². The zero-order valence-corrected chi connectivity index (χ0v) is 15.7. The molecule has 1 aliphatic rings. The van der Waals surface area contributed by atoms with Gasteiger partial charge in [-0.1, -0.05) is 17.7 Å². The predicted octanol–water partition coefficient (Wildman–Crippen LogP) is 4.49. The molecule has 0 bridgehead atoms. The van der Waals surface area contributed by atoms with Crippen molar-refractivity contribution in [2.45, 2.75) is 13.3 Å². The Morgan fingerprint density at radius 1 is 1.12 bits per heavy atom. The van der Waals surface area contributed by atoms with Gasteiger partial charge in [-0.25, -0.2) is 4.68 Å². The molecule has 0 saturated carbocycles. The maximum Gasteiger partial charge on any atom is 0.133 e. The molecule has 3 aromatic rings. The number of benzene rings is 2. The van der Waals surface area contributed by atoms with Crippen molar-refractivity contribution in [1.82, 2.24) is 9.78 Å². The highest BCUT2D eigenvalue weighted by Crippen LogP contribution is 2.40. The van der Waals surface area contributed by atoms with E-state index >= 15 is 0 Å². The maximum atomic E-state index is 6.32. The van der Waals surface area contributed by atoms with Gasteiger partial charge in [-0.05, 0) is 43.2 Å². The molecule has 0 atom stereocenters. The van der Waals surface area contributed by atoms with Crippen molar-refractivity contribution >= 4 is 17.4 Å². The summed E-state index contributed by atoms with van der Waals surface area (Å²) in [6, 6.07) is 11.8. The molecule has 134 valence electrons. The molecule has 2 heterocycles. The van der Waals surface area contributed by atoms with E-state index in [0.717, 1.165) is 57.8 Å². The lowest BCUT2D eigenvalue weighted by Crippen LogP contribution is -2.04. The second-order valence-electron chi connectivity index (χ2n) is 6.26. The number of nitrogens with one attached hydrogen (secondary N) is 1. The molecule has 0 fully saturated rings. The number of aryl methyl sites for hydroxylation is 1. The van der Waals surface area contributed by atoms with E-state index in [1.165, 1.54) is 5.56 Å². The van der Waals surface area contributed by atoms with E-state index in [-0.39, 0.29) is 0 Å². The monoisotopic (exact) mass is 369 g/mol. The van der Waals surface area contributed by atoms with Crippen LogP contribution in [-0.2, 0) is 6.42 Å². The number of aromatic nitrogens is 2. The molecule has 1 aliphatic heterocycles. The Bertz CT molecular complexity index is 981. The van der Waals surface area contributed by atoms with Crippen LogP contribution in [0.25, 0.3) is 16.9 Å². The van der Waals surface area contributed by atoms with E-state index in [1.807, 2.05) is 48.0 Å². The second-order valence-corrected chi connectivity index (χ2v) is 6.67. The minimum absolute atomic E-state index is 0.730. The Kier molecular flexibility index (Phi) is 4.24. The lowest BCUT2D eigenvalue weighted by atomic mass is 10.1. The average molecular weight is 370 g/mol. The van der Waals surface area contributed by atoms with E-state index in [2.05, 4.69) is 5.32 Å². The lowest BCUT2D eigenvalue weighted by Gasteiger charge is -2.10. The SMILES string of the molecule is COc1ccc(-c2nn(-c3ccc(C)c(Cl)c3)c3c2CCN3)c(OC)c1. The molecular formula is C20H20ClN3O2. The van der Waals surface area contributed by atoms with Crippen LogP contribution in [0.1, 0.15) is 11.1 Å². The number of methoxy groups -OCH3 is 2. The van der Waals surface area contributed by atoms with E-state index in [1.54, 1.807) is 14.2 Å².